The minimum atomic E-state index is -0.461. The summed E-state index contributed by atoms with van der Waals surface area (Å²) in [6.45, 7) is 6.07. The van der Waals surface area contributed by atoms with Crippen LogP contribution in [0.2, 0.25) is 0 Å². The monoisotopic (exact) mass is 449 g/mol. The molecule has 0 radical (unpaired) electrons. The van der Waals surface area contributed by atoms with Gasteiger partial charge in [0.15, 0.2) is 12.3 Å². The Morgan fingerprint density at radius 3 is 2.76 bits per heavy atom. The van der Waals surface area contributed by atoms with E-state index in [0.717, 1.165) is 40.4 Å². The van der Waals surface area contributed by atoms with Gasteiger partial charge in [-0.2, -0.15) is 5.10 Å². The van der Waals surface area contributed by atoms with Crippen molar-refractivity contribution >= 4 is 34.8 Å². The van der Waals surface area contributed by atoms with Gasteiger partial charge in [0.2, 0.25) is 5.91 Å². The SMILES string of the molecule is Cc1cc2nc(C)c(CCC(=O)OCC(=O)Nc3cccc(N4CCCC4=O)c3)c(C)n2n1. The number of aryl methyl sites for hydroxylation is 3. The topological polar surface area (TPSA) is 106 Å². The number of benzene rings is 1. The van der Waals surface area contributed by atoms with Crippen molar-refractivity contribution in [2.24, 2.45) is 0 Å². The van der Waals surface area contributed by atoms with Crippen molar-refractivity contribution in [2.75, 3.05) is 23.4 Å². The number of amides is 2. The molecular weight excluding hydrogens is 422 g/mol. The first-order chi connectivity index (χ1) is 15.8. The molecule has 1 aliphatic heterocycles. The van der Waals surface area contributed by atoms with Gasteiger partial charge < -0.3 is 15.0 Å². The second kappa shape index (κ2) is 9.40. The highest BCUT2D eigenvalue weighted by Gasteiger charge is 2.22. The number of aromatic nitrogens is 3. The van der Waals surface area contributed by atoms with Crippen molar-refractivity contribution in [3.8, 4) is 0 Å². The maximum absolute atomic E-state index is 12.3. The van der Waals surface area contributed by atoms with E-state index in [2.05, 4.69) is 15.4 Å². The van der Waals surface area contributed by atoms with E-state index in [-0.39, 0.29) is 18.9 Å². The second-order valence-corrected chi connectivity index (χ2v) is 8.23. The number of hydrogen-bond donors (Lipinski definition) is 1. The molecule has 0 saturated carbocycles. The van der Waals surface area contributed by atoms with Gasteiger partial charge in [-0.05, 0) is 57.4 Å². The number of hydrogen-bond acceptors (Lipinski definition) is 6. The van der Waals surface area contributed by atoms with Crippen LogP contribution in [0.15, 0.2) is 30.3 Å². The van der Waals surface area contributed by atoms with Crippen molar-refractivity contribution < 1.29 is 19.1 Å². The summed E-state index contributed by atoms with van der Waals surface area (Å²) in [7, 11) is 0. The van der Waals surface area contributed by atoms with Gasteiger partial charge in [-0.1, -0.05) is 6.07 Å². The van der Waals surface area contributed by atoms with Crippen LogP contribution in [0.4, 0.5) is 11.4 Å². The van der Waals surface area contributed by atoms with E-state index in [4.69, 9.17) is 4.74 Å². The third-order valence-corrected chi connectivity index (χ3v) is 5.74. The van der Waals surface area contributed by atoms with E-state index in [0.29, 0.717) is 25.1 Å². The molecule has 1 aromatic carbocycles. The Balaban J connectivity index is 1.29. The minimum Gasteiger partial charge on any atom is -0.456 e. The molecule has 3 aromatic rings. The zero-order chi connectivity index (χ0) is 23.5. The average Bonchev–Trinajstić information content (AvgIpc) is 3.37. The van der Waals surface area contributed by atoms with Crippen LogP contribution < -0.4 is 10.2 Å². The Morgan fingerprint density at radius 1 is 1.18 bits per heavy atom. The van der Waals surface area contributed by atoms with Crippen LogP contribution in [-0.2, 0) is 25.5 Å². The number of nitrogens with zero attached hydrogens (tertiary/aromatic N) is 4. The summed E-state index contributed by atoms with van der Waals surface area (Å²) >= 11 is 0. The first kappa shape index (κ1) is 22.4. The van der Waals surface area contributed by atoms with Crippen molar-refractivity contribution in [1.82, 2.24) is 14.6 Å². The van der Waals surface area contributed by atoms with E-state index in [1.54, 1.807) is 27.6 Å². The van der Waals surface area contributed by atoms with Crippen LogP contribution in [0, 0.1) is 20.8 Å². The van der Waals surface area contributed by atoms with Gasteiger partial charge >= 0.3 is 5.97 Å². The summed E-state index contributed by atoms with van der Waals surface area (Å²) in [4.78, 5) is 42.7. The average molecular weight is 450 g/mol. The number of carbonyl (C=O) groups excluding carboxylic acids is 3. The normalized spacial score (nSPS) is 13.5. The number of nitrogens with one attached hydrogen (secondary N) is 1. The van der Waals surface area contributed by atoms with Crippen molar-refractivity contribution in [3.05, 3.63) is 53.0 Å². The predicted molar refractivity (Wildman–Crippen MR) is 123 cm³/mol. The first-order valence-electron chi connectivity index (χ1n) is 11.0. The molecule has 4 rings (SSSR count). The van der Waals surface area contributed by atoms with Gasteiger partial charge in [-0.25, -0.2) is 9.50 Å². The Bertz CT molecular complexity index is 1230. The van der Waals surface area contributed by atoms with E-state index < -0.39 is 11.9 Å². The molecule has 1 saturated heterocycles. The molecule has 1 fully saturated rings. The molecule has 0 aliphatic carbocycles. The highest BCUT2D eigenvalue weighted by atomic mass is 16.5. The largest absolute Gasteiger partial charge is 0.456 e. The Hall–Kier alpha value is -3.75. The molecule has 0 bridgehead atoms. The molecule has 0 spiro atoms. The number of esters is 1. The molecule has 172 valence electrons. The standard InChI is InChI=1S/C24H27N5O4/c1-15-12-21-25-16(2)20(17(3)29(21)27-15)9-10-24(32)33-14-22(30)26-18-6-4-7-19(13-18)28-11-5-8-23(28)31/h4,6-7,12-13H,5,8-11,14H2,1-3H3,(H,26,30). The van der Waals surface area contributed by atoms with Crippen LogP contribution in [0.5, 0.6) is 0 Å². The molecule has 2 amide bonds. The summed E-state index contributed by atoms with van der Waals surface area (Å²) in [5, 5.41) is 7.15. The molecular formula is C24H27N5O4. The Labute approximate surface area is 191 Å². The molecule has 9 nitrogen and oxygen atoms in total. The van der Waals surface area contributed by atoms with Crippen molar-refractivity contribution in [3.63, 3.8) is 0 Å². The smallest absolute Gasteiger partial charge is 0.306 e. The van der Waals surface area contributed by atoms with Gasteiger partial charge in [0.05, 0.1) is 5.69 Å². The summed E-state index contributed by atoms with van der Waals surface area (Å²) < 4.78 is 6.94. The number of rotatable bonds is 7. The van der Waals surface area contributed by atoms with E-state index >= 15 is 0 Å². The molecule has 1 aliphatic rings. The molecule has 2 aromatic heterocycles. The van der Waals surface area contributed by atoms with E-state index in [9.17, 15) is 14.4 Å². The zero-order valence-electron chi connectivity index (χ0n) is 19.1. The summed E-state index contributed by atoms with van der Waals surface area (Å²) in [5.41, 5.74) is 5.69. The Morgan fingerprint density at radius 2 is 2.00 bits per heavy atom. The number of anilines is 2. The van der Waals surface area contributed by atoms with E-state index in [1.807, 2.05) is 32.9 Å². The molecule has 33 heavy (non-hydrogen) atoms. The maximum Gasteiger partial charge on any atom is 0.306 e. The van der Waals surface area contributed by atoms with Gasteiger partial charge in [-0.3, -0.25) is 14.4 Å². The van der Waals surface area contributed by atoms with Crippen LogP contribution in [0.3, 0.4) is 0 Å². The zero-order valence-corrected chi connectivity index (χ0v) is 19.1. The maximum atomic E-state index is 12.3. The lowest BCUT2D eigenvalue weighted by atomic mass is 10.1. The number of fused-ring (bicyclic) bond motifs is 1. The van der Waals surface area contributed by atoms with Crippen LogP contribution >= 0.6 is 0 Å². The lowest BCUT2D eigenvalue weighted by Gasteiger charge is -2.16. The highest BCUT2D eigenvalue weighted by molar-refractivity contribution is 5.97. The fourth-order valence-electron chi connectivity index (χ4n) is 4.12. The summed E-state index contributed by atoms with van der Waals surface area (Å²) in [6.07, 6.45) is 1.95. The number of ether oxygens (including phenoxy) is 1. The first-order valence-corrected chi connectivity index (χ1v) is 11.0. The molecule has 0 unspecified atom stereocenters. The summed E-state index contributed by atoms with van der Waals surface area (Å²) in [6, 6.07) is 9.00. The van der Waals surface area contributed by atoms with Crippen molar-refractivity contribution in [1.29, 1.82) is 0 Å². The van der Waals surface area contributed by atoms with Gasteiger partial charge in [0.25, 0.3) is 5.91 Å². The quantitative estimate of drug-likeness (QED) is 0.556. The predicted octanol–water partition coefficient (Wildman–Crippen LogP) is 2.90. The highest BCUT2D eigenvalue weighted by Crippen LogP contribution is 2.24. The van der Waals surface area contributed by atoms with Crippen LogP contribution in [0.1, 0.15) is 41.9 Å². The third-order valence-electron chi connectivity index (χ3n) is 5.74. The molecule has 9 heteroatoms. The summed E-state index contributed by atoms with van der Waals surface area (Å²) in [5.74, 6) is -0.817. The lowest BCUT2D eigenvalue weighted by molar-refractivity contribution is -0.147. The fourth-order valence-corrected chi connectivity index (χ4v) is 4.12. The van der Waals surface area contributed by atoms with Gasteiger partial charge in [0, 0.05) is 48.2 Å². The molecule has 3 heterocycles. The van der Waals surface area contributed by atoms with E-state index in [1.165, 1.54) is 0 Å². The lowest BCUT2D eigenvalue weighted by Crippen LogP contribution is -2.24. The van der Waals surface area contributed by atoms with Gasteiger partial charge in [0.1, 0.15) is 0 Å². The third kappa shape index (κ3) is 5.02. The Kier molecular flexibility index (Phi) is 6.39. The van der Waals surface area contributed by atoms with Gasteiger partial charge in [-0.15, -0.1) is 0 Å². The van der Waals surface area contributed by atoms with Crippen LogP contribution in [-0.4, -0.2) is 45.5 Å². The molecule has 0 atom stereocenters. The second-order valence-electron chi connectivity index (χ2n) is 8.23. The van der Waals surface area contributed by atoms with Crippen molar-refractivity contribution in [2.45, 2.75) is 46.5 Å². The number of carbonyl (C=O) groups is 3. The fraction of sp³-hybridized carbons (Fsp3) is 0.375. The van der Waals surface area contributed by atoms with Crippen LogP contribution in [0.25, 0.3) is 5.65 Å². The molecule has 1 N–H and O–H groups in total. The minimum absolute atomic E-state index is 0.0786.